The van der Waals surface area contributed by atoms with Crippen molar-refractivity contribution >= 4 is 23.5 Å². The standard InChI is InChI=1S/C36H59N3O4/c1-4-6-8-10-12-14-16-21-27-39(3,28-22-17-15-13-11-9-7-5-2)30-34(41)37-32-25-26-35(42)38(36(32)43)29-33(40)31-23-19-18-20-24-31/h18-20,23-24,32H,4-17,21-22,25-30H2,1-3H3/p+1. The minimum atomic E-state index is -0.770. The Kier molecular flexibility index (Phi) is 18.1. The Morgan fingerprint density at radius 2 is 1.26 bits per heavy atom. The van der Waals surface area contributed by atoms with Gasteiger partial charge in [0.15, 0.2) is 12.3 Å². The molecule has 1 saturated heterocycles. The molecule has 1 unspecified atom stereocenters. The smallest absolute Gasteiger partial charge is 0.275 e. The molecule has 0 spiro atoms. The number of unbranched alkanes of at least 4 members (excludes halogenated alkanes) is 14. The Balaban J connectivity index is 1.90. The largest absolute Gasteiger partial charge is 0.339 e. The van der Waals surface area contributed by atoms with Gasteiger partial charge >= 0.3 is 0 Å². The molecule has 1 N–H and O–H groups in total. The zero-order chi connectivity index (χ0) is 31.3. The average Bonchev–Trinajstić information content (AvgIpc) is 2.99. The first-order valence-electron chi connectivity index (χ1n) is 17.3. The maximum atomic E-state index is 13.3. The molecule has 0 radical (unpaired) electrons. The number of rotatable bonds is 24. The predicted molar refractivity (Wildman–Crippen MR) is 175 cm³/mol. The van der Waals surface area contributed by atoms with Gasteiger partial charge < -0.3 is 9.80 Å². The topological polar surface area (TPSA) is 83.6 Å². The van der Waals surface area contributed by atoms with Crippen LogP contribution in [0.2, 0.25) is 0 Å². The van der Waals surface area contributed by atoms with Crippen molar-refractivity contribution in [2.24, 2.45) is 0 Å². The van der Waals surface area contributed by atoms with Crippen LogP contribution in [0.1, 0.15) is 140 Å². The summed E-state index contributed by atoms with van der Waals surface area (Å²) in [6.45, 7) is 6.43. The van der Waals surface area contributed by atoms with Gasteiger partial charge in [-0.2, -0.15) is 0 Å². The summed E-state index contributed by atoms with van der Waals surface area (Å²) < 4.78 is 0.674. The number of nitrogens with zero attached hydrogens (tertiary/aromatic N) is 2. The number of likely N-dealkylation sites (tertiary alicyclic amines) is 1. The van der Waals surface area contributed by atoms with Gasteiger partial charge in [0.2, 0.25) is 5.91 Å². The molecule has 2 rings (SSSR count). The van der Waals surface area contributed by atoms with Crippen molar-refractivity contribution in [2.75, 3.05) is 33.2 Å². The van der Waals surface area contributed by atoms with Gasteiger partial charge in [0, 0.05) is 12.0 Å². The quantitative estimate of drug-likeness (QED) is 0.0589. The normalized spacial score (nSPS) is 15.6. The molecule has 7 heteroatoms. The number of amides is 3. The van der Waals surface area contributed by atoms with E-state index in [0.29, 0.717) is 16.6 Å². The summed E-state index contributed by atoms with van der Waals surface area (Å²) in [6, 6.07) is 7.92. The highest BCUT2D eigenvalue weighted by atomic mass is 16.2. The highest BCUT2D eigenvalue weighted by molar-refractivity contribution is 6.07. The molecular formula is C36H60N3O4+. The first kappa shape index (κ1) is 36.7. The molecule has 3 amide bonds. The summed E-state index contributed by atoms with van der Waals surface area (Å²) in [5.41, 5.74) is 0.462. The number of ketones is 1. The van der Waals surface area contributed by atoms with Crippen LogP contribution in [0.3, 0.4) is 0 Å². The van der Waals surface area contributed by atoms with E-state index in [0.717, 1.165) is 30.8 Å². The lowest BCUT2D eigenvalue weighted by Gasteiger charge is -2.35. The third-order valence-corrected chi connectivity index (χ3v) is 8.87. The fourth-order valence-electron chi connectivity index (χ4n) is 6.11. The van der Waals surface area contributed by atoms with Crippen LogP contribution in [0.15, 0.2) is 30.3 Å². The van der Waals surface area contributed by atoms with Crippen LogP contribution in [0, 0.1) is 0 Å². The van der Waals surface area contributed by atoms with Gasteiger partial charge in [0.05, 0.1) is 26.7 Å². The van der Waals surface area contributed by atoms with Crippen LogP contribution in [-0.4, -0.2) is 72.2 Å². The number of carbonyl (C=O) groups is 4. The van der Waals surface area contributed by atoms with Gasteiger partial charge in [-0.05, 0) is 32.1 Å². The first-order valence-corrected chi connectivity index (χ1v) is 17.3. The number of piperidine rings is 1. The number of Topliss-reactive ketones (excluding diaryl/α,β-unsaturated/α-hetero) is 1. The number of hydrogen-bond donors (Lipinski definition) is 1. The fraction of sp³-hybridized carbons (Fsp3) is 0.722. The Labute approximate surface area is 261 Å². The predicted octanol–water partition coefficient (Wildman–Crippen LogP) is 7.23. The third kappa shape index (κ3) is 14.7. The average molecular weight is 599 g/mol. The third-order valence-electron chi connectivity index (χ3n) is 8.87. The maximum Gasteiger partial charge on any atom is 0.275 e. The van der Waals surface area contributed by atoms with Gasteiger partial charge in [-0.25, -0.2) is 0 Å². The van der Waals surface area contributed by atoms with Crippen LogP contribution in [0.4, 0.5) is 0 Å². The molecule has 242 valence electrons. The van der Waals surface area contributed by atoms with Crippen molar-refractivity contribution in [2.45, 2.75) is 135 Å². The molecule has 0 aliphatic carbocycles. The molecule has 1 fully saturated rings. The minimum absolute atomic E-state index is 0.140. The zero-order valence-corrected chi connectivity index (χ0v) is 27.5. The number of nitrogens with one attached hydrogen (secondary N) is 1. The van der Waals surface area contributed by atoms with Crippen LogP contribution in [0.25, 0.3) is 0 Å². The summed E-state index contributed by atoms with van der Waals surface area (Å²) >= 11 is 0. The number of likely N-dealkylation sites (N-methyl/N-ethyl adjacent to an activating group) is 1. The van der Waals surface area contributed by atoms with E-state index >= 15 is 0 Å². The lowest BCUT2D eigenvalue weighted by molar-refractivity contribution is -0.902. The second-order valence-electron chi connectivity index (χ2n) is 12.9. The second-order valence-corrected chi connectivity index (χ2v) is 12.9. The number of quaternary nitrogens is 1. The molecular weight excluding hydrogens is 538 g/mol. The molecule has 1 atom stereocenters. The number of carbonyl (C=O) groups excluding carboxylic acids is 4. The lowest BCUT2D eigenvalue weighted by atomic mass is 10.0. The van der Waals surface area contributed by atoms with E-state index < -0.39 is 11.9 Å². The van der Waals surface area contributed by atoms with Gasteiger partial charge in [-0.1, -0.05) is 121 Å². The molecule has 0 bridgehead atoms. The molecule has 1 aliphatic rings. The van der Waals surface area contributed by atoms with Crippen LogP contribution in [0.5, 0.6) is 0 Å². The lowest BCUT2D eigenvalue weighted by Crippen LogP contribution is -2.58. The monoisotopic (exact) mass is 598 g/mol. The number of imide groups is 1. The van der Waals surface area contributed by atoms with Crippen molar-refractivity contribution in [3.8, 4) is 0 Å². The highest BCUT2D eigenvalue weighted by Gasteiger charge is 2.37. The summed E-state index contributed by atoms with van der Waals surface area (Å²) in [5, 5.41) is 2.94. The van der Waals surface area contributed by atoms with Gasteiger partial charge in [0.25, 0.3) is 11.8 Å². The van der Waals surface area contributed by atoms with Crippen molar-refractivity contribution in [1.82, 2.24) is 10.2 Å². The number of hydrogen-bond acceptors (Lipinski definition) is 4. The van der Waals surface area contributed by atoms with Gasteiger partial charge in [-0.15, -0.1) is 0 Å². The molecule has 1 heterocycles. The Bertz CT molecular complexity index is 945. The maximum absolute atomic E-state index is 13.3. The van der Waals surface area contributed by atoms with Crippen LogP contribution in [-0.2, 0) is 14.4 Å². The highest BCUT2D eigenvalue weighted by Crippen LogP contribution is 2.17. The van der Waals surface area contributed by atoms with Crippen molar-refractivity contribution < 1.29 is 23.7 Å². The SMILES string of the molecule is CCCCCCCCCC[N+](C)(CCCCCCCCCC)CC(=O)NC1CCC(=O)N(CC(=O)c2ccccc2)C1=O. The molecule has 1 aromatic rings. The molecule has 7 nitrogen and oxygen atoms in total. The Morgan fingerprint density at radius 1 is 0.767 bits per heavy atom. The molecule has 1 aliphatic heterocycles. The molecule has 0 saturated carbocycles. The van der Waals surface area contributed by atoms with E-state index in [2.05, 4.69) is 26.2 Å². The van der Waals surface area contributed by atoms with Gasteiger partial charge in [-0.3, -0.25) is 24.1 Å². The van der Waals surface area contributed by atoms with E-state index in [9.17, 15) is 19.2 Å². The van der Waals surface area contributed by atoms with Crippen LogP contribution < -0.4 is 5.32 Å². The minimum Gasteiger partial charge on any atom is -0.339 e. The summed E-state index contributed by atoms with van der Waals surface area (Å²) in [4.78, 5) is 52.8. The molecule has 0 aromatic heterocycles. The van der Waals surface area contributed by atoms with Crippen molar-refractivity contribution in [1.29, 1.82) is 0 Å². The van der Waals surface area contributed by atoms with E-state index in [1.54, 1.807) is 24.3 Å². The fourth-order valence-corrected chi connectivity index (χ4v) is 6.11. The van der Waals surface area contributed by atoms with E-state index in [-0.39, 0.29) is 37.0 Å². The molecule has 1 aromatic carbocycles. The van der Waals surface area contributed by atoms with Crippen LogP contribution >= 0.6 is 0 Å². The zero-order valence-electron chi connectivity index (χ0n) is 27.5. The van der Waals surface area contributed by atoms with Crippen molar-refractivity contribution in [3.05, 3.63) is 35.9 Å². The summed E-state index contributed by atoms with van der Waals surface area (Å²) in [6.07, 6.45) is 20.5. The van der Waals surface area contributed by atoms with E-state index in [1.807, 2.05) is 6.07 Å². The van der Waals surface area contributed by atoms with E-state index in [1.165, 1.54) is 89.9 Å². The summed E-state index contributed by atoms with van der Waals surface area (Å²) in [5.74, 6) is -1.27. The molecule has 43 heavy (non-hydrogen) atoms. The first-order chi connectivity index (χ1) is 20.8. The van der Waals surface area contributed by atoms with E-state index in [4.69, 9.17) is 0 Å². The van der Waals surface area contributed by atoms with Gasteiger partial charge in [0.1, 0.15) is 6.04 Å². The Hall–Kier alpha value is -2.54. The number of benzene rings is 1. The second kappa shape index (κ2) is 21.2. The Morgan fingerprint density at radius 3 is 1.77 bits per heavy atom. The van der Waals surface area contributed by atoms with Crippen molar-refractivity contribution in [3.63, 3.8) is 0 Å². The summed E-state index contributed by atoms with van der Waals surface area (Å²) in [7, 11) is 2.18.